The Bertz CT molecular complexity index is 771. The quantitative estimate of drug-likeness (QED) is 0.799. The molecule has 8 heteroatoms. The number of carbonyl (C=O) groups is 1. The number of halogens is 1. The Hall–Kier alpha value is -0.760. The minimum atomic E-state index is -3.38. The number of rotatable bonds is 5. The second kappa shape index (κ2) is 8.09. The first-order chi connectivity index (χ1) is 12.3. The van der Waals surface area contributed by atoms with E-state index in [-0.39, 0.29) is 26.9 Å². The van der Waals surface area contributed by atoms with Gasteiger partial charge in [-0.2, -0.15) is 11.8 Å². The normalized spacial score (nSPS) is 20.8. The maximum absolute atomic E-state index is 12.7. The molecule has 1 saturated heterocycles. The zero-order chi connectivity index (χ0) is 18.8. The molecule has 1 aromatic rings. The Morgan fingerprint density at radius 2 is 1.92 bits per heavy atom. The summed E-state index contributed by atoms with van der Waals surface area (Å²) in [4.78, 5) is 15.4. The summed E-state index contributed by atoms with van der Waals surface area (Å²) in [5.74, 6) is 1.97. The maximum atomic E-state index is 12.7. The average molecular weight is 417 g/mol. The van der Waals surface area contributed by atoms with E-state index in [2.05, 4.69) is 10.2 Å². The van der Waals surface area contributed by atoms with Crippen molar-refractivity contribution in [3.63, 3.8) is 0 Å². The molecular weight excluding hydrogens is 392 g/mol. The Morgan fingerprint density at radius 3 is 2.54 bits per heavy atom. The minimum Gasteiger partial charge on any atom is -0.350 e. The lowest BCUT2D eigenvalue weighted by Crippen LogP contribution is -2.56. The molecule has 0 atom stereocenters. The van der Waals surface area contributed by atoms with Crippen molar-refractivity contribution in [2.75, 3.05) is 37.4 Å². The monoisotopic (exact) mass is 416 g/mol. The van der Waals surface area contributed by atoms with Crippen LogP contribution in [-0.4, -0.2) is 62.2 Å². The Labute approximate surface area is 164 Å². The molecule has 1 amide bonds. The molecule has 5 nitrogen and oxygen atoms in total. The van der Waals surface area contributed by atoms with E-state index in [0.717, 1.165) is 43.7 Å². The first-order valence-electron chi connectivity index (χ1n) is 8.92. The molecule has 1 heterocycles. The number of nitrogens with one attached hydrogen (secondary N) is 1. The molecule has 3 rings (SSSR count). The molecule has 144 valence electrons. The summed E-state index contributed by atoms with van der Waals surface area (Å²) in [5, 5.41) is 3.30. The fraction of sp³-hybridized carbons (Fsp3) is 0.611. The zero-order valence-corrected chi connectivity index (χ0v) is 17.4. The third kappa shape index (κ3) is 4.38. The molecular formula is C18H25ClN2O3S2. The van der Waals surface area contributed by atoms with Gasteiger partial charge in [0, 0.05) is 42.9 Å². The van der Waals surface area contributed by atoms with Gasteiger partial charge in [-0.1, -0.05) is 24.4 Å². The molecule has 0 radical (unpaired) electrons. The van der Waals surface area contributed by atoms with Crippen LogP contribution in [0.4, 0.5) is 0 Å². The molecule has 0 spiro atoms. The van der Waals surface area contributed by atoms with Gasteiger partial charge in [0.25, 0.3) is 5.91 Å². The third-order valence-corrected chi connectivity index (χ3v) is 7.79. The Balaban J connectivity index is 1.75. The second-order valence-corrected chi connectivity index (χ2v) is 10.8. The highest BCUT2D eigenvalue weighted by Gasteiger charge is 2.40. The number of amides is 1. The van der Waals surface area contributed by atoms with Crippen molar-refractivity contribution in [2.24, 2.45) is 0 Å². The molecule has 1 aromatic carbocycles. The molecule has 1 N–H and O–H groups in total. The summed E-state index contributed by atoms with van der Waals surface area (Å²) in [6.45, 7) is 2.70. The maximum Gasteiger partial charge on any atom is 0.252 e. The van der Waals surface area contributed by atoms with Gasteiger partial charge in [-0.05, 0) is 31.0 Å². The van der Waals surface area contributed by atoms with Crippen LogP contribution in [0.15, 0.2) is 23.1 Å². The van der Waals surface area contributed by atoms with Crippen LogP contribution in [0.3, 0.4) is 0 Å². The number of benzene rings is 1. The average Bonchev–Trinajstić information content (AvgIpc) is 3.10. The van der Waals surface area contributed by atoms with Gasteiger partial charge in [-0.25, -0.2) is 8.42 Å². The summed E-state index contributed by atoms with van der Waals surface area (Å²) in [5.41, 5.74) is 0.245. The van der Waals surface area contributed by atoms with Gasteiger partial charge in [0.05, 0.1) is 15.5 Å². The predicted octanol–water partition coefficient (Wildman–Crippen LogP) is 2.83. The van der Waals surface area contributed by atoms with Crippen molar-refractivity contribution in [1.82, 2.24) is 10.2 Å². The van der Waals surface area contributed by atoms with Gasteiger partial charge in [0.1, 0.15) is 0 Å². The van der Waals surface area contributed by atoms with Crippen LogP contribution in [0.5, 0.6) is 0 Å². The first-order valence-corrected chi connectivity index (χ1v) is 12.3. The fourth-order valence-corrected chi connectivity index (χ4v) is 5.68. The number of thioether (sulfide) groups is 1. The molecule has 2 aliphatic rings. The van der Waals surface area contributed by atoms with E-state index in [1.165, 1.54) is 31.0 Å². The van der Waals surface area contributed by atoms with E-state index in [1.54, 1.807) is 0 Å². The second-order valence-electron chi connectivity index (χ2n) is 7.13. The standard InChI is InChI=1S/C18H25ClN2O3S2/c1-26(23,24)14-4-5-16(19)15(12-14)17(22)20-13-18(6-2-3-7-18)21-8-10-25-11-9-21/h4-5,12H,2-3,6-11,13H2,1H3,(H,20,22). The SMILES string of the molecule is CS(=O)(=O)c1ccc(Cl)c(C(=O)NCC2(N3CCSCC3)CCCC2)c1. The molecule has 26 heavy (non-hydrogen) atoms. The molecule has 0 unspecified atom stereocenters. The van der Waals surface area contributed by atoms with E-state index in [4.69, 9.17) is 11.6 Å². The van der Waals surface area contributed by atoms with E-state index < -0.39 is 9.84 Å². The highest BCUT2D eigenvalue weighted by atomic mass is 35.5. The van der Waals surface area contributed by atoms with E-state index in [1.807, 2.05) is 11.8 Å². The number of carbonyl (C=O) groups excluding carboxylic acids is 1. The predicted molar refractivity (Wildman–Crippen MR) is 107 cm³/mol. The number of hydrogen-bond acceptors (Lipinski definition) is 5. The zero-order valence-electron chi connectivity index (χ0n) is 15.0. The smallest absolute Gasteiger partial charge is 0.252 e. The van der Waals surface area contributed by atoms with Gasteiger partial charge in [0.2, 0.25) is 0 Å². The summed E-state index contributed by atoms with van der Waals surface area (Å²) in [6, 6.07) is 4.27. The number of nitrogens with zero attached hydrogens (tertiary/aromatic N) is 1. The first kappa shape index (κ1) is 20.0. The molecule has 1 saturated carbocycles. The van der Waals surface area contributed by atoms with Crippen LogP contribution in [0.1, 0.15) is 36.0 Å². The van der Waals surface area contributed by atoms with Gasteiger partial charge in [0.15, 0.2) is 9.84 Å². The highest BCUT2D eigenvalue weighted by molar-refractivity contribution is 7.99. The van der Waals surface area contributed by atoms with Crippen molar-refractivity contribution in [3.05, 3.63) is 28.8 Å². The molecule has 0 aromatic heterocycles. The highest BCUT2D eigenvalue weighted by Crippen LogP contribution is 2.36. The van der Waals surface area contributed by atoms with Gasteiger partial charge in [-0.15, -0.1) is 0 Å². The van der Waals surface area contributed by atoms with Crippen molar-refractivity contribution in [1.29, 1.82) is 0 Å². The van der Waals surface area contributed by atoms with Crippen molar-refractivity contribution in [3.8, 4) is 0 Å². The summed E-state index contributed by atoms with van der Waals surface area (Å²) in [6.07, 6.45) is 5.68. The molecule has 1 aliphatic heterocycles. The van der Waals surface area contributed by atoms with Gasteiger partial charge >= 0.3 is 0 Å². The van der Waals surface area contributed by atoms with E-state index in [9.17, 15) is 13.2 Å². The van der Waals surface area contributed by atoms with Crippen LogP contribution in [0, 0.1) is 0 Å². The van der Waals surface area contributed by atoms with Crippen LogP contribution in [0.25, 0.3) is 0 Å². The lowest BCUT2D eigenvalue weighted by atomic mass is 9.94. The summed E-state index contributed by atoms with van der Waals surface area (Å²) in [7, 11) is -3.38. The summed E-state index contributed by atoms with van der Waals surface area (Å²) >= 11 is 8.13. The van der Waals surface area contributed by atoms with Crippen LogP contribution < -0.4 is 5.32 Å². The summed E-state index contributed by atoms with van der Waals surface area (Å²) < 4.78 is 23.5. The van der Waals surface area contributed by atoms with Crippen LogP contribution >= 0.6 is 23.4 Å². The van der Waals surface area contributed by atoms with Gasteiger partial charge in [-0.3, -0.25) is 9.69 Å². The van der Waals surface area contributed by atoms with Crippen LogP contribution in [-0.2, 0) is 9.84 Å². The lowest BCUT2D eigenvalue weighted by molar-refractivity contribution is 0.0817. The number of sulfone groups is 1. The molecule has 0 bridgehead atoms. The van der Waals surface area contributed by atoms with Gasteiger partial charge < -0.3 is 5.32 Å². The fourth-order valence-electron chi connectivity index (χ4n) is 3.92. The molecule has 1 aliphatic carbocycles. The lowest BCUT2D eigenvalue weighted by Gasteiger charge is -2.43. The Morgan fingerprint density at radius 1 is 1.27 bits per heavy atom. The van der Waals surface area contributed by atoms with E-state index >= 15 is 0 Å². The largest absolute Gasteiger partial charge is 0.350 e. The van der Waals surface area contributed by atoms with Crippen LogP contribution in [0.2, 0.25) is 5.02 Å². The van der Waals surface area contributed by atoms with Crippen molar-refractivity contribution in [2.45, 2.75) is 36.1 Å². The molecule has 2 fully saturated rings. The third-order valence-electron chi connectivity index (χ3n) is 5.40. The van der Waals surface area contributed by atoms with Crippen molar-refractivity contribution >= 4 is 39.1 Å². The number of hydrogen-bond donors (Lipinski definition) is 1. The van der Waals surface area contributed by atoms with Crippen molar-refractivity contribution < 1.29 is 13.2 Å². The Kier molecular flexibility index (Phi) is 6.22. The van der Waals surface area contributed by atoms with E-state index in [0.29, 0.717) is 6.54 Å². The minimum absolute atomic E-state index is 0.0254. The topological polar surface area (TPSA) is 66.5 Å².